The topological polar surface area (TPSA) is 70.6 Å². The fraction of sp³-hybridized carbons (Fsp3) is 0. The maximum absolute atomic E-state index is 12.3. The molecule has 2 N–H and O–H groups in total. The highest BCUT2D eigenvalue weighted by Crippen LogP contribution is 2.17. The van der Waals surface area contributed by atoms with Crippen LogP contribution in [-0.2, 0) is 0 Å². The Morgan fingerprint density at radius 1 is 0.857 bits per heavy atom. The second-order valence-corrected chi connectivity index (χ2v) is 6.61. The molecule has 0 spiro atoms. The minimum absolute atomic E-state index is 0.325. The van der Waals surface area contributed by atoms with Crippen LogP contribution in [0.4, 0.5) is 5.69 Å². The first-order valence-corrected chi connectivity index (χ1v) is 9.03. The van der Waals surface area contributed by atoms with Gasteiger partial charge in [0, 0.05) is 16.3 Å². The van der Waals surface area contributed by atoms with Crippen LogP contribution in [0.1, 0.15) is 26.3 Å². The third kappa shape index (κ3) is 5.19. The van der Waals surface area contributed by atoms with Crippen LogP contribution < -0.4 is 10.7 Å². The fourth-order valence-corrected chi connectivity index (χ4v) is 2.79. The Hall–Kier alpha value is -3.15. The number of benzene rings is 3. The SMILES string of the molecule is O=C(NN=Cc1cccc(Cl)c1)c1ccc(NC(=O)c2ccccc2Cl)cc1. The van der Waals surface area contributed by atoms with Crippen LogP contribution in [0.15, 0.2) is 77.9 Å². The van der Waals surface area contributed by atoms with E-state index in [1.54, 1.807) is 66.7 Å². The summed E-state index contributed by atoms with van der Waals surface area (Å²) in [5.74, 6) is -0.698. The molecule has 0 radical (unpaired) electrons. The van der Waals surface area contributed by atoms with Gasteiger partial charge in [-0.2, -0.15) is 5.10 Å². The molecule has 0 aliphatic rings. The van der Waals surface area contributed by atoms with Crippen LogP contribution in [0, 0.1) is 0 Å². The molecule has 0 bridgehead atoms. The largest absolute Gasteiger partial charge is 0.322 e. The van der Waals surface area contributed by atoms with Gasteiger partial charge in [0.15, 0.2) is 0 Å². The van der Waals surface area contributed by atoms with E-state index in [0.29, 0.717) is 26.9 Å². The molecule has 0 aliphatic carbocycles. The Kier molecular flexibility index (Phi) is 6.42. The van der Waals surface area contributed by atoms with Crippen molar-refractivity contribution in [1.82, 2.24) is 5.43 Å². The molecule has 0 unspecified atom stereocenters. The van der Waals surface area contributed by atoms with Gasteiger partial charge in [0.25, 0.3) is 11.8 Å². The van der Waals surface area contributed by atoms with Crippen molar-refractivity contribution in [2.45, 2.75) is 0 Å². The van der Waals surface area contributed by atoms with Crippen LogP contribution in [0.25, 0.3) is 0 Å². The number of nitrogens with one attached hydrogen (secondary N) is 2. The van der Waals surface area contributed by atoms with Gasteiger partial charge in [-0.25, -0.2) is 5.43 Å². The van der Waals surface area contributed by atoms with E-state index in [1.807, 2.05) is 6.07 Å². The standard InChI is InChI=1S/C21H15Cl2N3O2/c22-16-5-3-4-14(12-16)13-24-26-20(27)15-8-10-17(11-9-15)25-21(28)18-6-1-2-7-19(18)23/h1-13H,(H,25,28)(H,26,27). The van der Waals surface area contributed by atoms with Gasteiger partial charge in [-0.1, -0.05) is 47.5 Å². The smallest absolute Gasteiger partial charge is 0.271 e. The second kappa shape index (κ2) is 9.17. The summed E-state index contributed by atoms with van der Waals surface area (Å²) in [4.78, 5) is 24.4. The first-order chi connectivity index (χ1) is 13.5. The lowest BCUT2D eigenvalue weighted by Crippen LogP contribution is -2.18. The van der Waals surface area contributed by atoms with Crippen molar-refractivity contribution >= 4 is 46.9 Å². The fourth-order valence-electron chi connectivity index (χ4n) is 2.37. The van der Waals surface area contributed by atoms with Gasteiger partial charge in [-0.3, -0.25) is 9.59 Å². The molecule has 140 valence electrons. The number of hydrogen-bond donors (Lipinski definition) is 2. The number of rotatable bonds is 5. The summed E-state index contributed by atoms with van der Waals surface area (Å²) in [5, 5.41) is 7.61. The predicted octanol–water partition coefficient (Wildman–Crippen LogP) is 5.01. The zero-order valence-electron chi connectivity index (χ0n) is 14.5. The minimum atomic E-state index is -0.373. The van der Waals surface area contributed by atoms with E-state index in [-0.39, 0.29) is 11.8 Å². The lowest BCUT2D eigenvalue weighted by atomic mass is 10.1. The molecule has 2 amide bonds. The first kappa shape index (κ1) is 19.6. The van der Waals surface area contributed by atoms with E-state index < -0.39 is 0 Å². The molecule has 5 nitrogen and oxygen atoms in total. The van der Waals surface area contributed by atoms with E-state index in [2.05, 4.69) is 15.8 Å². The van der Waals surface area contributed by atoms with Gasteiger partial charge in [0.2, 0.25) is 0 Å². The van der Waals surface area contributed by atoms with Crippen molar-refractivity contribution in [2.24, 2.45) is 5.10 Å². The summed E-state index contributed by atoms with van der Waals surface area (Å²) in [6, 6.07) is 20.3. The van der Waals surface area contributed by atoms with Crippen LogP contribution in [-0.4, -0.2) is 18.0 Å². The second-order valence-electron chi connectivity index (χ2n) is 5.77. The third-order valence-electron chi connectivity index (χ3n) is 3.75. The molecule has 28 heavy (non-hydrogen) atoms. The first-order valence-electron chi connectivity index (χ1n) is 8.28. The lowest BCUT2D eigenvalue weighted by Gasteiger charge is -2.07. The number of hydrogen-bond acceptors (Lipinski definition) is 3. The summed E-state index contributed by atoms with van der Waals surface area (Å²) >= 11 is 11.9. The van der Waals surface area contributed by atoms with Crippen molar-refractivity contribution in [3.05, 3.63) is 99.5 Å². The quantitative estimate of drug-likeness (QED) is 0.457. The molecule has 7 heteroatoms. The van der Waals surface area contributed by atoms with Crippen molar-refractivity contribution in [1.29, 1.82) is 0 Å². The number of carbonyl (C=O) groups excluding carboxylic acids is 2. The Labute approximate surface area is 172 Å². The van der Waals surface area contributed by atoms with Gasteiger partial charge in [0.05, 0.1) is 16.8 Å². The number of anilines is 1. The van der Waals surface area contributed by atoms with Crippen molar-refractivity contribution < 1.29 is 9.59 Å². The Morgan fingerprint density at radius 3 is 2.32 bits per heavy atom. The van der Waals surface area contributed by atoms with Crippen molar-refractivity contribution in [3.8, 4) is 0 Å². The highest BCUT2D eigenvalue weighted by molar-refractivity contribution is 6.34. The number of nitrogens with zero attached hydrogens (tertiary/aromatic N) is 1. The van der Waals surface area contributed by atoms with E-state index in [0.717, 1.165) is 5.56 Å². The maximum atomic E-state index is 12.3. The Morgan fingerprint density at radius 2 is 1.61 bits per heavy atom. The monoisotopic (exact) mass is 411 g/mol. The van der Waals surface area contributed by atoms with Gasteiger partial charge >= 0.3 is 0 Å². The van der Waals surface area contributed by atoms with Crippen LogP contribution >= 0.6 is 23.2 Å². The van der Waals surface area contributed by atoms with Crippen LogP contribution in [0.5, 0.6) is 0 Å². The van der Waals surface area contributed by atoms with Crippen molar-refractivity contribution in [2.75, 3.05) is 5.32 Å². The molecule has 0 heterocycles. The molecule has 3 rings (SSSR count). The molecular formula is C21H15Cl2N3O2. The summed E-state index contributed by atoms with van der Waals surface area (Å²) in [5.41, 5.74) is 4.54. The van der Waals surface area contributed by atoms with E-state index >= 15 is 0 Å². The van der Waals surface area contributed by atoms with E-state index in [4.69, 9.17) is 23.2 Å². The zero-order valence-corrected chi connectivity index (χ0v) is 16.0. The third-order valence-corrected chi connectivity index (χ3v) is 4.32. The van der Waals surface area contributed by atoms with Gasteiger partial charge in [-0.15, -0.1) is 0 Å². The number of halogens is 2. The molecule has 0 aliphatic heterocycles. The molecule has 0 aromatic heterocycles. The van der Waals surface area contributed by atoms with Crippen LogP contribution in [0.3, 0.4) is 0 Å². The average molecular weight is 412 g/mol. The van der Waals surface area contributed by atoms with Crippen molar-refractivity contribution in [3.63, 3.8) is 0 Å². The molecule has 0 fully saturated rings. The maximum Gasteiger partial charge on any atom is 0.271 e. The molecule has 3 aromatic carbocycles. The minimum Gasteiger partial charge on any atom is -0.322 e. The average Bonchev–Trinajstić information content (AvgIpc) is 2.69. The van der Waals surface area contributed by atoms with E-state index in [1.165, 1.54) is 6.21 Å². The molecule has 3 aromatic rings. The predicted molar refractivity (Wildman–Crippen MR) is 112 cm³/mol. The zero-order chi connectivity index (χ0) is 19.9. The molecule has 0 atom stereocenters. The lowest BCUT2D eigenvalue weighted by molar-refractivity contribution is 0.0954. The molecular weight excluding hydrogens is 397 g/mol. The summed E-state index contributed by atoms with van der Waals surface area (Å²) in [6.07, 6.45) is 1.50. The number of hydrazone groups is 1. The summed E-state index contributed by atoms with van der Waals surface area (Å²) < 4.78 is 0. The van der Waals surface area contributed by atoms with Gasteiger partial charge in [0.1, 0.15) is 0 Å². The Bertz CT molecular complexity index is 1030. The number of carbonyl (C=O) groups is 2. The summed E-state index contributed by atoms with van der Waals surface area (Å²) in [7, 11) is 0. The van der Waals surface area contributed by atoms with Gasteiger partial charge in [-0.05, 0) is 54.1 Å². The molecule has 0 saturated carbocycles. The number of amides is 2. The highest BCUT2D eigenvalue weighted by Gasteiger charge is 2.10. The van der Waals surface area contributed by atoms with E-state index in [9.17, 15) is 9.59 Å². The molecule has 0 saturated heterocycles. The summed E-state index contributed by atoms with van der Waals surface area (Å²) in [6.45, 7) is 0. The van der Waals surface area contributed by atoms with Gasteiger partial charge < -0.3 is 5.32 Å². The highest BCUT2D eigenvalue weighted by atomic mass is 35.5. The normalized spacial score (nSPS) is 10.6. The Balaban J connectivity index is 1.60. The van der Waals surface area contributed by atoms with Crippen LogP contribution in [0.2, 0.25) is 10.0 Å².